The molecule has 1 fully saturated rings. The van der Waals surface area contributed by atoms with Crippen LogP contribution >= 0.6 is 0 Å². The van der Waals surface area contributed by atoms with E-state index < -0.39 is 24.5 Å². The van der Waals surface area contributed by atoms with Crippen molar-refractivity contribution in [2.75, 3.05) is 12.5 Å². The van der Waals surface area contributed by atoms with Gasteiger partial charge in [0.15, 0.2) is 12.0 Å². The maximum atomic E-state index is 10.1. The van der Waals surface area contributed by atoms with Gasteiger partial charge in [0.2, 0.25) is 0 Å². The second-order valence-electron chi connectivity index (χ2n) is 4.77. The minimum absolute atomic E-state index is 0.427. The lowest BCUT2D eigenvalue weighted by molar-refractivity contribution is -0.0296. The largest absolute Gasteiger partial charge is 0.388 e. The van der Waals surface area contributed by atoms with Gasteiger partial charge in [0, 0.05) is 13.2 Å². The summed E-state index contributed by atoms with van der Waals surface area (Å²) in [5, 5.41) is 20.7. The van der Waals surface area contributed by atoms with Crippen LogP contribution in [0, 0.1) is 0 Å². The minimum Gasteiger partial charge on any atom is -0.388 e. The number of hydrazine groups is 1. The molecule has 2 aromatic heterocycles. The van der Waals surface area contributed by atoms with Gasteiger partial charge in [0.25, 0.3) is 0 Å². The third-order valence-electron chi connectivity index (χ3n) is 3.50. The van der Waals surface area contributed by atoms with E-state index in [1.165, 1.54) is 6.33 Å². The SMILES string of the molecule is CNNc1ncnc2c1ccn2C1OC(C)C(O)C1O. The number of aliphatic hydroxyl groups excluding tert-OH is 2. The Bertz CT molecular complexity index is 616. The zero-order valence-corrected chi connectivity index (χ0v) is 11.2. The van der Waals surface area contributed by atoms with E-state index >= 15 is 0 Å². The molecular formula is C12H17N5O3. The first kappa shape index (κ1) is 13.3. The number of nitrogens with one attached hydrogen (secondary N) is 2. The number of nitrogens with zero attached hydrogens (tertiary/aromatic N) is 3. The fourth-order valence-corrected chi connectivity index (χ4v) is 2.45. The monoisotopic (exact) mass is 279 g/mol. The van der Waals surface area contributed by atoms with Gasteiger partial charge in [0.1, 0.15) is 24.2 Å². The Balaban J connectivity index is 2.03. The van der Waals surface area contributed by atoms with Crippen LogP contribution in [-0.2, 0) is 4.74 Å². The van der Waals surface area contributed by atoms with Gasteiger partial charge in [-0.25, -0.2) is 15.4 Å². The fourth-order valence-electron chi connectivity index (χ4n) is 2.45. The summed E-state index contributed by atoms with van der Waals surface area (Å²) in [4.78, 5) is 8.36. The van der Waals surface area contributed by atoms with Crippen molar-refractivity contribution in [3.8, 4) is 0 Å². The van der Waals surface area contributed by atoms with Crippen molar-refractivity contribution in [2.24, 2.45) is 0 Å². The molecule has 0 saturated carbocycles. The van der Waals surface area contributed by atoms with Gasteiger partial charge in [-0.3, -0.25) is 0 Å². The number of aromatic nitrogens is 3. The van der Waals surface area contributed by atoms with E-state index in [4.69, 9.17) is 4.74 Å². The molecule has 1 saturated heterocycles. The van der Waals surface area contributed by atoms with Crippen LogP contribution in [0.3, 0.4) is 0 Å². The van der Waals surface area contributed by atoms with Crippen LogP contribution in [0.5, 0.6) is 0 Å². The smallest absolute Gasteiger partial charge is 0.164 e. The Morgan fingerprint density at radius 2 is 2.10 bits per heavy atom. The molecule has 0 amide bonds. The molecule has 8 heteroatoms. The van der Waals surface area contributed by atoms with Gasteiger partial charge in [-0.2, -0.15) is 0 Å². The summed E-state index contributed by atoms with van der Waals surface area (Å²) >= 11 is 0. The number of anilines is 1. The first-order chi connectivity index (χ1) is 9.63. The quantitative estimate of drug-likeness (QED) is 0.567. The lowest BCUT2D eigenvalue weighted by atomic mass is 10.1. The minimum atomic E-state index is -0.990. The van der Waals surface area contributed by atoms with E-state index in [1.807, 2.05) is 6.07 Å². The summed E-state index contributed by atoms with van der Waals surface area (Å²) in [6, 6.07) is 1.83. The highest BCUT2D eigenvalue weighted by molar-refractivity contribution is 5.87. The van der Waals surface area contributed by atoms with Gasteiger partial charge in [0.05, 0.1) is 11.5 Å². The Kier molecular flexibility index (Phi) is 3.30. The van der Waals surface area contributed by atoms with Crippen LogP contribution in [0.1, 0.15) is 13.2 Å². The van der Waals surface area contributed by atoms with E-state index in [9.17, 15) is 10.2 Å². The molecule has 0 aliphatic carbocycles. The molecule has 20 heavy (non-hydrogen) atoms. The number of hydrogen-bond acceptors (Lipinski definition) is 7. The lowest BCUT2D eigenvalue weighted by Gasteiger charge is -2.17. The maximum Gasteiger partial charge on any atom is 0.164 e. The van der Waals surface area contributed by atoms with Crippen molar-refractivity contribution in [3.05, 3.63) is 18.6 Å². The van der Waals surface area contributed by atoms with Crippen molar-refractivity contribution < 1.29 is 14.9 Å². The summed E-state index contributed by atoms with van der Waals surface area (Å²) in [6.45, 7) is 1.72. The maximum absolute atomic E-state index is 10.1. The summed E-state index contributed by atoms with van der Waals surface area (Å²) in [6.07, 6.45) is 0.211. The van der Waals surface area contributed by atoms with Gasteiger partial charge < -0.3 is 24.9 Å². The van der Waals surface area contributed by atoms with Crippen molar-refractivity contribution in [3.63, 3.8) is 0 Å². The molecule has 1 aliphatic rings. The topological polar surface area (TPSA) is 104 Å². The number of ether oxygens (including phenoxy) is 1. The zero-order chi connectivity index (χ0) is 14.3. The molecule has 108 valence electrons. The van der Waals surface area contributed by atoms with E-state index in [2.05, 4.69) is 20.8 Å². The summed E-state index contributed by atoms with van der Waals surface area (Å²) in [5.41, 5.74) is 6.35. The average molecular weight is 279 g/mol. The molecule has 0 spiro atoms. The highest BCUT2D eigenvalue weighted by Gasteiger charge is 2.41. The average Bonchev–Trinajstić information content (AvgIpc) is 2.97. The molecule has 8 nitrogen and oxygen atoms in total. The molecule has 0 radical (unpaired) electrons. The van der Waals surface area contributed by atoms with Crippen molar-refractivity contribution in [1.82, 2.24) is 20.0 Å². The predicted octanol–water partition coefficient (Wildman–Crippen LogP) is -0.383. The Hall–Kier alpha value is -1.74. The third kappa shape index (κ3) is 1.93. The van der Waals surface area contributed by atoms with Crippen LogP contribution in [0.4, 0.5) is 5.82 Å². The molecular weight excluding hydrogens is 262 g/mol. The van der Waals surface area contributed by atoms with Crippen molar-refractivity contribution >= 4 is 16.9 Å². The first-order valence-corrected chi connectivity index (χ1v) is 6.39. The van der Waals surface area contributed by atoms with E-state index in [0.717, 1.165) is 5.39 Å². The van der Waals surface area contributed by atoms with E-state index in [0.29, 0.717) is 11.5 Å². The van der Waals surface area contributed by atoms with Gasteiger partial charge in [-0.1, -0.05) is 0 Å². The molecule has 4 atom stereocenters. The molecule has 0 aromatic carbocycles. The van der Waals surface area contributed by atoms with Crippen LogP contribution in [-0.4, -0.2) is 50.1 Å². The molecule has 3 rings (SSSR count). The lowest BCUT2D eigenvalue weighted by Crippen LogP contribution is -2.30. The Morgan fingerprint density at radius 1 is 1.30 bits per heavy atom. The molecule has 2 aromatic rings. The number of hydrogen-bond donors (Lipinski definition) is 4. The Labute approximate surface area is 115 Å². The Morgan fingerprint density at radius 3 is 2.75 bits per heavy atom. The van der Waals surface area contributed by atoms with Gasteiger partial charge in [-0.15, -0.1) is 0 Å². The highest BCUT2D eigenvalue weighted by Crippen LogP contribution is 2.32. The second-order valence-corrected chi connectivity index (χ2v) is 4.77. The summed E-state index contributed by atoms with van der Waals surface area (Å²) in [5.74, 6) is 0.636. The van der Waals surface area contributed by atoms with Gasteiger partial charge >= 0.3 is 0 Å². The molecule has 4 N–H and O–H groups in total. The molecule has 1 aliphatic heterocycles. The molecule has 4 unspecified atom stereocenters. The summed E-state index contributed by atoms with van der Waals surface area (Å²) < 4.78 is 7.31. The van der Waals surface area contributed by atoms with Crippen LogP contribution in [0.25, 0.3) is 11.0 Å². The zero-order valence-electron chi connectivity index (χ0n) is 11.2. The van der Waals surface area contributed by atoms with Crippen LogP contribution < -0.4 is 10.9 Å². The van der Waals surface area contributed by atoms with Crippen molar-refractivity contribution in [1.29, 1.82) is 0 Å². The number of rotatable bonds is 3. The number of aliphatic hydroxyl groups is 2. The molecule has 3 heterocycles. The molecule has 0 bridgehead atoms. The van der Waals surface area contributed by atoms with E-state index in [1.54, 1.807) is 24.7 Å². The van der Waals surface area contributed by atoms with Crippen molar-refractivity contribution in [2.45, 2.75) is 31.5 Å². The number of fused-ring (bicyclic) bond motifs is 1. The highest BCUT2D eigenvalue weighted by atomic mass is 16.6. The van der Waals surface area contributed by atoms with Crippen LogP contribution in [0.2, 0.25) is 0 Å². The fraction of sp³-hybridized carbons (Fsp3) is 0.500. The van der Waals surface area contributed by atoms with Crippen LogP contribution in [0.15, 0.2) is 18.6 Å². The normalized spacial score (nSPS) is 30.0. The first-order valence-electron chi connectivity index (χ1n) is 6.39. The second kappa shape index (κ2) is 4.98. The third-order valence-corrected chi connectivity index (χ3v) is 3.50. The van der Waals surface area contributed by atoms with Gasteiger partial charge in [-0.05, 0) is 13.0 Å². The standard InChI is InChI=1S/C12H17N5O3/c1-6-8(18)9(19)12(20-6)17-4-3-7-10(16-13-2)14-5-15-11(7)17/h3-6,8-9,12-13,18-19H,1-2H3,(H,14,15,16). The predicted molar refractivity (Wildman–Crippen MR) is 71.8 cm³/mol. The summed E-state index contributed by atoms with van der Waals surface area (Å²) in [7, 11) is 1.74. The van der Waals surface area contributed by atoms with E-state index in [-0.39, 0.29) is 0 Å².